The lowest BCUT2D eigenvalue weighted by Gasteiger charge is -2.42. The van der Waals surface area contributed by atoms with Crippen LogP contribution in [0, 0.1) is 0 Å². The van der Waals surface area contributed by atoms with Crippen LogP contribution < -0.4 is 15.2 Å². The SMILES string of the molecule is COc1cnc(C(N)CC2(OC)CCC2)c(OC)n1. The van der Waals surface area contributed by atoms with Gasteiger partial charge in [0.1, 0.15) is 5.69 Å². The highest BCUT2D eigenvalue weighted by Crippen LogP contribution is 2.41. The highest BCUT2D eigenvalue weighted by molar-refractivity contribution is 5.26. The Hall–Kier alpha value is -1.40. The van der Waals surface area contributed by atoms with Crippen LogP contribution in [0.4, 0.5) is 0 Å². The van der Waals surface area contributed by atoms with Crippen molar-refractivity contribution in [3.63, 3.8) is 0 Å². The zero-order chi connectivity index (χ0) is 13.9. The molecule has 1 unspecified atom stereocenters. The maximum absolute atomic E-state index is 6.23. The van der Waals surface area contributed by atoms with Crippen LogP contribution in [0.5, 0.6) is 11.8 Å². The zero-order valence-corrected chi connectivity index (χ0v) is 11.7. The summed E-state index contributed by atoms with van der Waals surface area (Å²) in [6, 6.07) is -0.256. The van der Waals surface area contributed by atoms with Gasteiger partial charge in [-0.1, -0.05) is 0 Å². The maximum Gasteiger partial charge on any atom is 0.240 e. The number of nitrogens with two attached hydrogens (primary N) is 1. The van der Waals surface area contributed by atoms with Crippen molar-refractivity contribution < 1.29 is 14.2 Å². The lowest BCUT2D eigenvalue weighted by Crippen LogP contribution is -2.42. The number of hydrogen-bond donors (Lipinski definition) is 1. The molecule has 1 fully saturated rings. The van der Waals surface area contributed by atoms with Crippen LogP contribution in [-0.2, 0) is 4.74 Å². The lowest BCUT2D eigenvalue weighted by molar-refractivity contribution is -0.0820. The Kier molecular flexibility index (Phi) is 4.21. The van der Waals surface area contributed by atoms with Crippen LogP contribution in [0.2, 0.25) is 0 Å². The Morgan fingerprint density at radius 2 is 2.05 bits per heavy atom. The fourth-order valence-corrected chi connectivity index (χ4v) is 2.43. The van der Waals surface area contributed by atoms with Crippen LogP contribution in [0.1, 0.15) is 37.4 Å². The summed E-state index contributed by atoms with van der Waals surface area (Å²) in [5, 5.41) is 0. The molecule has 1 aliphatic carbocycles. The molecule has 1 atom stereocenters. The molecule has 1 saturated carbocycles. The van der Waals surface area contributed by atoms with Crippen molar-refractivity contribution >= 4 is 0 Å². The van der Waals surface area contributed by atoms with Gasteiger partial charge in [-0.3, -0.25) is 0 Å². The summed E-state index contributed by atoms with van der Waals surface area (Å²) in [7, 11) is 4.83. The van der Waals surface area contributed by atoms with E-state index in [1.54, 1.807) is 20.4 Å². The minimum Gasteiger partial charge on any atom is -0.480 e. The summed E-state index contributed by atoms with van der Waals surface area (Å²) < 4.78 is 15.9. The molecule has 0 aliphatic heterocycles. The van der Waals surface area contributed by atoms with Gasteiger partial charge >= 0.3 is 0 Å². The first kappa shape index (κ1) is 14.0. The van der Waals surface area contributed by atoms with Crippen LogP contribution >= 0.6 is 0 Å². The topological polar surface area (TPSA) is 79.5 Å². The Balaban J connectivity index is 2.16. The summed E-state index contributed by atoms with van der Waals surface area (Å²) in [6.45, 7) is 0. The molecule has 0 bridgehead atoms. The van der Waals surface area contributed by atoms with Crippen molar-refractivity contribution in [3.8, 4) is 11.8 Å². The van der Waals surface area contributed by atoms with Gasteiger partial charge in [-0.2, -0.15) is 4.98 Å². The third-order valence-corrected chi connectivity index (χ3v) is 3.79. The fraction of sp³-hybridized carbons (Fsp3) is 0.692. The van der Waals surface area contributed by atoms with Gasteiger partial charge in [0.2, 0.25) is 11.8 Å². The molecular weight excluding hydrogens is 246 g/mol. The molecule has 6 heteroatoms. The molecule has 6 nitrogen and oxygen atoms in total. The van der Waals surface area contributed by atoms with Gasteiger partial charge in [0.15, 0.2) is 0 Å². The van der Waals surface area contributed by atoms with E-state index in [0.29, 0.717) is 17.5 Å². The van der Waals surface area contributed by atoms with Gasteiger partial charge in [0.25, 0.3) is 0 Å². The largest absolute Gasteiger partial charge is 0.480 e. The minimum atomic E-state index is -0.256. The fourth-order valence-electron chi connectivity index (χ4n) is 2.43. The zero-order valence-electron chi connectivity index (χ0n) is 11.7. The Labute approximate surface area is 113 Å². The molecule has 1 aromatic heterocycles. The summed E-state index contributed by atoms with van der Waals surface area (Å²) in [5.74, 6) is 0.829. The van der Waals surface area contributed by atoms with Gasteiger partial charge in [-0.15, -0.1) is 0 Å². The molecule has 1 heterocycles. The van der Waals surface area contributed by atoms with Crippen LogP contribution in [0.15, 0.2) is 6.20 Å². The van der Waals surface area contributed by atoms with E-state index >= 15 is 0 Å². The molecule has 0 amide bonds. The molecule has 0 aromatic carbocycles. The van der Waals surface area contributed by atoms with E-state index in [0.717, 1.165) is 19.3 Å². The van der Waals surface area contributed by atoms with E-state index in [1.165, 1.54) is 13.5 Å². The van der Waals surface area contributed by atoms with Gasteiger partial charge in [0, 0.05) is 7.11 Å². The van der Waals surface area contributed by atoms with Gasteiger partial charge in [-0.05, 0) is 25.7 Å². The Bertz CT molecular complexity index is 430. The molecule has 2 N–H and O–H groups in total. The Morgan fingerprint density at radius 1 is 1.32 bits per heavy atom. The maximum atomic E-state index is 6.23. The van der Waals surface area contributed by atoms with Crippen molar-refractivity contribution in [2.24, 2.45) is 5.73 Å². The minimum absolute atomic E-state index is 0.105. The third-order valence-electron chi connectivity index (χ3n) is 3.79. The van der Waals surface area contributed by atoms with Crippen LogP contribution in [0.25, 0.3) is 0 Å². The molecule has 106 valence electrons. The molecule has 0 saturated heterocycles. The van der Waals surface area contributed by atoms with Gasteiger partial charge in [0.05, 0.1) is 32.1 Å². The number of ether oxygens (including phenoxy) is 3. The number of hydrogen-bond acceptors (Lipinski definition) is 6. The lowest BCUT2D eigenvalue weighted by atomic mass is 9.75. The van der Waals surface area contributed by atoms with Crippen LogP contribution in [-0.4, -0.2) is 36.9 Å². The predicted molar refractivity (Wildman–Crippen MR) is 70.3 cm³/mol. The number of rotatable bonds is 6. The summed E-state index contributed by atoms with van der Waals surface area (Å²) in [5.41, 5.74) is 6.77. The van der Waals surface area contributed by atoms with Crippen molar-refractivity contribution in [3.05, 3.63) is 11.9 Å². The van der Waals surface area contributed by atoms with Crippen molar-refractivity contribution in [2.45, 2.75) is 37.3 Å². The van der Waals surface area contributed by atoms with Gasteiger partial charge in [-0.25, -0.2) is 4.98 Å². The second kappa shape index (κ2) is 5.71. The smallest absolute Gasteiger partial charge is 0.240 e. The van der Waals surface area contributed by atoms with E-state index < -0.39 is 0 Å². The van der Waals surface area contributed by atoms with Crippen molar-refractivity contribution in [1.29, 1.82) is 0 Å². The first-order valence-corrected chi connectivity index (χ1v) is 6.40. The van der Waals surface area contributed by atoms with E-state index in [-0.39, 0.29) is 11.6 Å². The predicted octanol–water partition coefficient (Wildman–Crippen LogP) is 1.45. The molecule has 0 spiro atoms. The monoisotopic (exact) mass is 267 g/mol. The third kappa shape index (κ3) is 2.79. The highest BCUT2D eigenvalue weighted by atomic mass is 16.5. The second-order valence-electron chi connectivity index (χ2n) is 4.86. The summed E-state index contributed by atoms with van der Waals surface area (Å²) in [6.07, 6.45) is 5.55. The molecule has 19 heavy (non-hydrogen) atoms. The first-order valence-electron chi connectivity index (χ1n) is 6.40. The standard InChI is InChI=1S/C13H21N3O3/c1-17-10-8-15-11(12(16-10)18-2)9(14)7-13(19-3)5-4-6-13/h8-9H,4-7,14H2,1-3H3. The Morgan fingerprint density at radius 3 is 2.53 bits per heavy atom. The first-order chi connectivity index (χ1) is 9.14. The molecule has 1 aromatic rings. The van der Waals surface area contributed by atoms with Crippen LogP contribution in [0.3, 0.4) is 0 Å². The number of methoxy groups -OCH3 is 3. The van der Waals surface area contributed by atoms with E-state index in [9.17, 15) is 0 Å². The van der Waals surface area contributed by atoms with E-state index in [2.05, 4.69) is 9.97 Å². The van der Waals surface area contributed by atoms with Crippen molar-refractivity contribution in [2.75, 3.05) is 21.3 Å². The summed E-state index contributed by atoms with van der Waals surface area (Å²) >= 11 is 0. The average molecular weight is 267 g/mol. The van der Waals surface area contributed by atoms with Crippen molar-refractivity contribution in [1.82, 2.24) is 9.97 Å². The van der Waals surface area contributed by atoms with E-state index in [1.807, 2.05) is 0 Å². The molecule has 0 radical (unpaired) electrons. The molecule has 2 rings (SSSR count). The molecule has 1 aliphatic rings. The average Bonchev–Trinajstić information content (AvgIpc) is 2.41. The normalized spacial score (nSPS) is 18.5. The number of nitrogens with zero attached hydrogens (tertiary/aromatic N) is 2. The second-order valence-corrected chi connectivity index (χ2v) is 4.86. The highest BCUT2D eigenvalue weighted by Gasteiger charge is 2.39. The summed E-state index contributed by atoms with van der Waals surface area (Å²) in [4.78, 5) is 8.51. The number of aromatic nitrogens is 2. The quantitative estimate of drug-likeness (QED) is 0.840. The van der Waals surface area contributed by atoms with Gasteiger partial charge < -0.3 is 19.9 Å². The van der Waals surface area contributed by atoms with E-state index in [4.69, 9.17) is 19.9 Å². The molecular formula is C13H21N3O3.